The van der Waals surface area contributed by atoms with Crippen molar-refractivity contribution >= 4 is 21.6 Å². The summed E-state index contributed by atoms with van der Waals surface area (Å²) in [6.07, 6.45) is 2.12. The first kappa shape index (κ1) is 13.6. The SMILES string of the molecule is Cc1ccc(NC2CC(c3cccc(Br)c3)C2)c(F)c1. The number of hydrogen-bond donors (Lipinski definition) is 1. The van der Waals surface area contributed by atoms with Crippen LogP contribution >= 0.6 is 15.9 Å². The lowest BCUT2D eigenvalue weighted by atomic mass is 9.76. The highest BCUT2D eigenvalue weighted by molar-refractivity contribution is 9.10. The fourth-order valence-electron chi connectivity index (χ4n) is 2.73. The maximum absolute atomic E-state index is 13.8. The lowest BCUT2D eigenvalue weighted by molar-refractivity contribution is 0.373. The summed E-state index contributed by atoms with van der Waals surface area (Å²) < 4.78 is 14.9. The Kier molecular flexibility index (Phi) is 3.79. The van der Waals surface area contributed by atoms with Crippen LogP contribution in [0.4, 0.5) is 10.1 Å². The second kappa shape index (κ2) is 5.57. The van der Waals surface area contributed by atoms with Crippen molar-refractivity contribution in [1.29, 1.82) is 0 Å². The maximum atomic E-state index is 13.8. The fourth-order valence-corrected chi connectivity index (χ4v) is 3.14. The zero-order chi connectivity index (χ0) is 14.1. The number of rotatable bonds is 3. The van der Waals surface area contributed by atoms with E-state index >= 15 is 0 Å². The van der Waals surface area contributed by atoms with Gasteiger partial charge in [-0.1, -0.05) is 34.1 Å². The van der Waals surface area contributed by atoms with Crippen LogP contribution in [-0.4, -0.2) is 6.04 Å². The molecule has 1 N–H and O–H groups in total. The van der Waals surface area contributed by atoms with Crippen molar-refractivity contribution in [3.8, 4) is 0 Å². The van der Waals surface area contributed by atoms with Crippen LogP contribution in [0.15, 0.2) is 46.9 Å². The van der Waals surface area contributed by atoms with Crippen LogP contribution in [-0.2, 0) is 0 Å². The molecule has 0 atom stereocenters. The van der Waals surface area contributed by atoms with E-state index in [2.05, 4.69) is 39.4 Å². The summed E-state index contributed by atoms with van der Waals surface area (Å²) in [6.45, 7) is 1.90. The number of benzene rings is 2. The predicted octanol–water partition coefficient (Wildman–Crippen LogP) is 5.25. The molecule has 0 unspecified atom stereocenters. The molecule has 2 aromatic carbocycles. The summed E-state index contributed by atoms with van der Waals surface area (Å²) in [6, 6.07) is 14.2. The molecule has 0 spiro atoms. The van der Waals surface area contributed by atoms with Crippen LogP contribution in [0.1, 0.15) is 29.9 Å². The highest BCUT2D eigenvalue weighted by atomic mass is 79.9. The van der Waals surface area contributed by atoms with Crippen molar-refractivity contribution in [1.82, 2.24) is 0 Å². The van der Waals surface area contributed by atoms with Gasteiger partial charge in [0.25, 0.3) is 0 Å². The largest absolute Gasteiger partial charge is 0.380 e. The Balaban J connectivity index is 1.61. The molecule has 1 fully saturated rings. The van der Waals surface area contributed by atoms with E-state index in [1.54, 1.807) is 6.07 Å². The third kappa shape index (κ3) is 2.88. The van der Waals surface area contributed by atoms with Crippen molar-refractivity contribution in [2.45, 2.75) is 31.7 Å². The van der Waals surface area contributed by atoms with Gasteiger partial charge in [0.2, 0.25) is 0 Å². The van der Waals surface area contributed by atoms with Crippen LogP contribution in [0.2, 0.25) is 0 Å². The minimum Gasteiger partial charge on any atom is -0.380 e. The molecule has 3 rings (SSSR count). The number of anilines is 1. The molecular formula is C17H17BrFN. The van der Waals surface area contributed by atoms with Crippen molar-refractivity contribution in [3.05, 3.63) is 63.9 Å². The number of halogens is 2. The monoisotopic (exact) mass is 333 g/mol. The molecule has 0 bridgehead atoms. The van der Waals surface area contributed by atoms with Gasteiger partial charge in [0.1, 0.15) is 5.82 Å². The fraction of sp³-hybridized carbons (Fsp3) is 0.294. The molecule has 3 heteroatoms. The van der Waals surface area contributed by atoms with Crippen LogP contribution in [0, 0.1) is 12.7 Å². The molecule has 0 saturated heterocycles. The van der Waals surface area contributed by atoms with Crippen molar-refractivity contribution in [2.24, 2.45) is 0 Å². The smallest absolute Gasteiger partial charge is 0.146 e. The Hall–Kier alpha value is -1.35. The molecule has 20 heavy (non-hydrogen) atoms. The minimum absolute atomic E-state index is 0.157. The van der Waals surface area contributed by atoms with Gasteiger partial charge in [0, 0.05) is 10.5 Å². The Labute approximate surface area is 127 Å². The average molecular weight is 334 g/mol. The molecule has 1 aliphatic carbocycles. The van der Waals surface area contributed by atoms with E-state index in [1.807, 2.05) is 25.1 Å². The minimum atomic E-state index is -0.157. The van der Waals surface area contributed by atoms with E-state index < -0.39 is 0 Å². The molecule has 0 aliphatic heterocycles. The van der Waals surface area contributed by atoms with Gasteiger partial charge in [0.05, 0.1) is 5.69 Å². The predicted molar refractivity (Wildman–Crippen MR) is 84.7 cm³/mol. The Morgan fingerprint density at radius 2 is 1.95 bits per heavy atom. The summed E-state index contributed by atoms with van der Waals surface area (Å²) in [7, 11) is 0. The summed E-state index contributed by atoms with van der Waals surface area (Å²) >= 11 is 3.50. The van der Waals surface area contributed by atoms with Gasteiger partial charge in [-0.25, -0.2) is 4.39 Å². The van der Waals surface area contributed by atoms with Crippen molar-refractivity contribution < 1.29 is 4.39 Å². The third-order valence-corrected chi connectivity index (χ3v) is 4.44. The van der Waals surface area contributed by atoms with Crippen LogP contribution < -0.4 is 5.32 Å². The lowest BCUT2D eigenvalue weighted by Gasteiger charge is -2.37. The highest BCUT2D eigenvalue weighted by Crippen LogP contribution is 2.39. The van der Waals surface area contributed by atoms with Gasteiger partial charge in [-0.3, -0.25) is 0 Å². The first-order valence-electron chi connectivity index (χ1n) is 6.90. The number of nitrogens with one attached hydrogen (secondary N) is 1. The first-order chi connectivity index (χ1) is 9.61. The third-order valence-electron chi connectivity index (χ3n) is 3.94. The molecule has 2 aromatic rings. The van der Waals surface area contributed by atoms with Crippen LogP contribution in [0.5, 0.6) is 0 Å². The second-order valence-corrected chi connectivity index (χ2v) is 6.46. The van der Waals surface area contributed by atoms with E-state index in [0.717, 1.165) is 22.9 Å². The molecule has 1 aliphatic rings. The topological polar surface area (TPSA) is 12.0 Å². The Morgan fingerprint density at radius 1 is 1.15 bits per heavy atom. The van der Waals surface area contributed by atoms with Crippen LogP contribution in [0.25, 0.3) is 0 Å². The summed E-state index contributed by atoms with van der Waals surface area (Å²) in [5.41, 5.74) is 2.93. The molecule has 0 heterocycles. The Morgan fingerprint density at radius 3 is 2.65 bits per heavy atom. The standard InChI is InChI=1S/C17H17BrFN/c1-11-5-6-17(16(19)7-11)20-15-9-13(10-15)12-3-2-4-14(18)8-12/h2-8,13,15,20H,9-10H2,1H3. The Bertz CT molecular complexity index is 620. The molecule has 104 valence electrons. The lowest BCUT2D eigenvalue weighted by Crippen LogP contribution is -2.34. The van der Waals surface area contributed by atoms with Crippen molar-refractivity contribution in [2.75, 3.05) is 5.32 Å². The van der Waals surface area contributed by atoms with Gasteiger partial charge < -0.3 is 5.32 Å². The maximum Gasteiger partial charge on any atom is 0.146 e. The van der Waals surface area contributed by atoms with Crippen LogP contribution in [0.3, 0.4) is 0 Å². The van der Waals surface area contributed by atoms with E-state index in [-0.39, 0.29) is 5.82 Å². The van der Waals surface area contributed by atoms with Crippen molar-refractivity contribution in [3.63, 3.8) is 0 Å². The number of hydrogen-bond acceptors (Lipinski definition) is 1. The molecule has 1 saturated carbocycles. The average Bonchev–Trinajstić information content (AvgIpc) is 2.35. The summed E-state index contributed by atoms with van der Waals surface area (Å²) in [5.74, 6) is 0.425. The molecule has 0 aromatic heterocycles. The second-order valence-electron chi connectivity index (χ2n) is 5.55. The summed E-state index contributed by atoms with van der Waals surface area (Å²) in [4.78, 5) is 0. The molecule has 0 amide bonds. The van der Waals surface area contributed by atoms with Gasteiger partial charge in [0.15, 0.2) is 0 Å². The van der Waals surface area contributed by atoms with Gasteiger partial charge >= 0.3 is 0 Å². The van der Waals surface area contributed by atoms with E-state index in [4.69, 9.17) is 0 Å². The highest BCUT2D eigenvalue weighted by Gasteiger charge is 2.30. The summed E-state index contributed by atoms with van der Waals surface area (Å²) in [5, 5.41) is 3.30. The van der Waals surface area contributed by atoms with E-state index in [9.17, 15) is 4.39 Å². The quantitative estimate of drug-likeness (QED) is 0.808. The van der Waals surface area contributed by atoms with Gasteiger partial charge in [-0.2, -0.15) is 0 Å². The molecule has 0 radical (unpaired) electrons. The van der Waals surface area contributed by atoms with Gasteiger partial charge in [-0.05, 0) is 61.1 Å². The molecule has 1 nitrogen and oxygen atoms in total. The first-order valence-corrected chi connectivity index (χ1v) is 7.69. The van der Waals surface area contributed by atoms with Gasteiger partial charge in [-0.15, -0.1) is 0 Å². The number of aryl methyl sites for hydroxylation is 1. The van der Waals surface area contributed by atoms with E-state index in [0.29, 0.717) is 17.6 Å². The zero-order valence-corrected chi connectivity index (χ0v) is 13.0. The van der Waals surface area contributed by atoms with E-state index in [1.165, 1.54) is 5.56 Å². The normalized spacial score (nSPS) is 21.4. The zero-order valence-electron chi connectivity index (χ0n) is 11.4. The molecular weight excluding hydrogens is 317 g/mol.